The molecule has 112 valence electrons. The predicted octanol–water partition coefficient (Wildman–Crippen LogP) is 0.374. The van der Waals surface area contributed by atoms with Crippen molar-refractivity contribution < 1.29 is 13.5 Å². The molecule has 1 fully saturated rings. The Labute approximate surface area is 118 Å². The average Bonchev–Trinajstić information content (AvgIpc) is 2.46. The maximum atomic E-state index is 12.6. The zero-order valence-corrected chi connectivity index (χ0v) is 12.1. The number of anilines is 1. The molecule has 7 nitrogen and oxygen atoms in total. The minimum absolute atomic E-state index is 0.0192. The molecule has 20 heavy (non-hydrogen) atoms. The van der Waals surface area contributed by atoms with Crippen LogP contribution in [-0.2, 0) is 10.0 Å². The van der Waals surface area contributed by atoms with E-state index < -0.39 is 10.0 Å². The van der Waals surface area contributed by atoms with Crippen LogP contribution >= 0.6 is 0 Å². The number of sulfonamides is 1. The van der Waals surface area contributed by atoms with E-state index in [1.165, 1.54) is 16.7 Å². The summed E-state index contributed by atoms with van der Waals surface area (Å²) in [4.78, 5) is 7.48. The van der Waals surface area contributed by atoms with E-state index in [0.717, 1.165) is 32.1 Å². The second-order valence-corrected chi connectivity index (χ2v) is 6.80. The molecule has 0 radical (unpaired) electrons. The van der Waals surface area contributed by atoms with Gasteiger partial charge in [-0.05, 0) is 12.8 Å². The zero-order chi connectivity index (χ0) is 14.6. The van der Waals surface area contributed by atoms with Gasteiger partial charge in [-0.2, -0.15) is 4.31 Å². The molecule has 1 aliphatic rings. The van der Waals surface area contributed by atoms with Gasteiger partial charge in [-0.3, -0.25) is 0 Å². The van der Waals surface area contributed by atoms with E-state index in [1.807, 2.05) is 0 Å². The molecule has 0 saturated heterocycles. The average molecular weight is 300 g/mol. The van der Waals surface area contributed by atoms with E-state index in [4.69, 9.17) is 10.8 Å². The number of hydrogen-bond donors (Lipinski definition) is 2. The predicted molar refractivity (Wildman–Crippen MR) is 74.3 cm³/mol. The van der Waals surface area contributed by atoms with Crippen LogP contribution in [0.3, 0.4) is 0 Å². The summed E-state index contributed by atoms with van der Waals surface area (Å²) in [7, 11) is -3.69. The Kier molecular flexibility index (Phi) is 4.90. The monoisotopic (exact) mass is 300 g/mol. The molecule has 0 spiro atoms. The summed E-state index contributed by atoms with van der Waals surface area (Å²) in [5.74, 6) is 0.0373. The van der Waals surface area contributed by atoms with Gasteiger partial charge in [0, 0.05) is 12.6 Å². The lowest BCUT2D eigenvalue weighted by molar-refractivity contribution is 0.199. The van der Waals surface area contributed by atoms with Crippen LogP contribution in [0.2, 0.25) is 0 Å². The second kappa shape index (κ2) is 6.47. The van der Waals surface area contributed by atoms with Gasteiger partial charge in [-0.1, -0.05) is 19.3 Å². The van der Waals surface area contributed by atoms with E-state index in [-0.39, 0.29) is 30.0 Å². The number of aliphatic hydroxyl groups excluding tert-OH is 1. The maximum Gasteiger partial charge on any atom is 0.246 e. The standard InChI is InChI=1S/C12H20N4O3S/c13-12-14-8-11(9-15-12)20(18,19)16(6-7-17)10-4-2-1-3-5-10/h8-10,17H,1-7H2,(H2,13,14,15). The molecule has 0 bridgehead atoms. The molecule has 2 rings (SSSR count). The zero-order valence-electron chi connectivity index (χ0n) is 11.3. The summed E-state index contributed by atoms with van der Waals surface area (Å²) in [6.07, 6.45) is 7.25. The third-order valence-corrected chi connectivity index (χ3v) is 5.46. The summed E-state index contributed by atoms with van der Waals surface area (Å²) in [6, 6.07) is -0.0570. The minimum Gasteiger partial charge on any atom is -0.395 e. The van der Waals surface area contributed by atoms with Crippen molar-refractivity contribution in [2.45, 2.75) is 43.0 Å². The van der Waals surface area contributed by atoms with Gasteiger partial charge in [0.05, 0.1) is 19.0 Å². The molecule has 0 aromatic carbocycles. The molecular formula is C12H20N4O3S. The van der Waals surface area contributed by atoms with Gasteiger partial charge in [0.2, 0.25) is 16.0 Å². The summed E-state index contributed by atoms with van der Waals surface area (Å²) >= 11 is 0. The first-order chi connectivity index (χ1) is 9.55. The summed E-state index contributed by atoms with van der Waals surface area (Å²) in [6.45, 7) is -0.108. The van der Waals surface area contributed by atoms with Gasteiger partial charge >= 0.3 is 0 Å². The van der Waals surface area contributed by atoms with Crippen molar-refractivity contribution >= 4 is 16.0 Å². The topological polar surface area (TPSA) is 109 Å². The van der Waals surface area contributed by atoms with Crippen LogP contribution < -0.4 is 5.73 Å². The lowest BCUT2D eigenvalue weighted by atomic mass is 9.95. The first kappa shape index (κ1) is 15.1. The SMILES string of the molecule is Nc1ncc(S(=O)(=O)N(CCO)C2CCCCC2)cn1. The van der Waals surface area contributed by atoms with Crippen LogP contribution in [-0.4, -0.2) is 47.0 Å². The van der Waals surface area contributed by atoms with Crippen molar-refractivity contribution in [3.8, 4) is 0 Å². The molecule has 3 N–H and O–H groups in total. The van der Waals surface area contributed by atoms with Crippen molar-refractivity contribution in [3.63, 3.8) is 0 Å². The summed E-state index contributed by atoms with van der Waals surface area (Å²) in [5, 5.41) is 9.16. The Balaban J connectivity index is 2.28. The van der Waals surface area contributed by atoms with Crippen molar-refractivity contribution in [1.29, 1.82) is 0 Å². The van der Waals surface area contributed by atoms with Crippen LogP contribution in [0.1, 0.15) is 32.1 Å². The Morgan fingerprint density at radius 1 is 1.25 bits per heavy atom. The Morgan fingerprint density at radius 2 is 1.85 bits per heavy atom. The lowest BCUT2D eigenvalue weighted by Crippen LogP contribution is -2.43. The van der Waals surface area contributed by atoms with Crippen LogP contribution in [0.5, 0.6) is 0 Å². The number of aliphatic hydroxyl groups is 1. The van der Waals surface area contributed by atoms with E-state index >= 15 is 0 Å². The van der Waals surface area contributed by atoms with Crippen molar-refractivity contribution in [1.82, 2.24) is 14.3 Å². The van der Waals surface area contributed by atoms with E-state index in [9.17, 15) is 8.42 Å². The Hall–Kier alpha value is -1.25. The number of nitrogen functional groups attached to an aromatic ring is 1. The second-order valence-electron chi connectivity index (χ2n) is 4.91. The molecule has 1 saturated carbocycles. The highest BCUT2D eigenvalue weighted by atomic mass is 32.2. The Morgan fingerprint density at radius 3 is 2.40 bits per heavy atom. The Bertz CT molecular complexity index is 526. The first-order valence-corrected chi connectivity index (χ1v) is 8.20. The fourth-order valence-electron chi connectivity index (χ4n) is 2.56. The number of nitrogens with two attached hydrogens (primary N) is 1. The molecule has 0 atom stereocenters. The largest absolute Gasteiger partial charge is 0.395 e. The maximum absolute atomic E-state index is 12.6. The fraction of sp³-hybridized carbons (Fsp3) is 0.667. The quantitative estimate of drug-likeness (QED) is 0.813. The first-order valence-electron chi connectivity index (χ1n) is 6.76. The molecule has 0 aliphatic heterocycles. The van der Waals surface area contributed by atoms with Crippen LogP contribution in [0, 0.1) is 0 Å². The van der Waals surface area contributed by atoms with E-state index in [0.29, 0.717) is 0 Å². The fourth-order valence-corrected chi connectivity index (χ4v) is 4.13. The van der Waals surface area contributed by atoms with Crippen LogP contribution in [0.15, 0.2) is 17.3 Å². The van der Waals surface area contributed by atoms with Crippen molar-refractivity contribution in [3.05, 3.63) is 12.4 Å². The normalized spacial score (nSPS) is 17.5. The highest BCUT2D eigenvalue weighted by molar-refractivity contribution is 7.89. The third kappa shape index (κ3) is 3.25. The van der Waals surface area contributed by atoms with E-state index in [2.05, 4.69) is 9.97 Å². The summed E-state index contributed by atoms with van der Waals surface area (Å²) < 4.78 is 26.6. The number of rotatable bonds is 5. The summed E-state index contributed by atoms with van der Waals surface area (Å²) in [5.41, 5.74) is 5.38. The third-order valence-electron chi connectivity index (χ3n) is 3.56. The minimum atomic E-state index is -3.69. The van der Waals surface area contributed by atoms with Gasteiger partial charge in [0.25, 0.3) is 0 Å². The lowest BCUT2D eigenvalue weighted by Gasteiger charge is -2.32. The molecule has 0 amide bonds. The number of aromatic nitrogens is 2. The molecule has 1 heterocycles. The van der Waals surface area contributed by atoms with Gasteiger partial charge in [-0.25, -0.2) is 18.4 Å². The molecule has 1 aromatic heterocycles. The molecule has 1 aromatic rings. The van der Waals surface area contributed by atoms with Crippen LogP contribution in [0.25, 0.3) is 0 Å². The van der Waals surface area contributed by atoms with Gasteiger partial charge in [-0.15, -0.1) is 0 Å². The molecule has 0 unspecified atom stereocenters. The molecule has 1 aliphatic carbocycles. The number of nitrogens with zero attached hydrogens (tertiary/aromatic N) is 3. The molecule has 8 heteroatoms. The van der Waals surface area contributed by atoms with E-state index in [1.54, 1.807) is 0 Å². The highest BCUT2D eigenvalue weighted by Crippen LogP contribution is 2.27. The van der Waals surface area contributed by atoms with Gasteiger partial charge in [0.1, 0.15) is 4.90 Å². The van der Waals surface area contributed by atoms with Gasteiger partial charge < -0.3 is 10.8 Å². The molecular weight excluding hydrogens is 280 g/mol. The highest BCUT2D eigenvalue weighted by Gasteiger charge is 2.32. The van der Waals surface area contributed by atoms with Crippen molar-refractivity contribution in [2.75, 3.05) is 18.9 Å². The van der Waals surface area contributed by atoms with Crippen molar-refractivity contribution in [2.24, 2.45) is 0 Å². The number of hydrogen-bond acceptors (Lipinski definition) is 6. The van der Waals surface area contributed by atoms with Gasteiger partial charge in [0.15, 0.2) is 0 Å². The van der Waals surface area contributed by atoms with Crippen LogP contribution in [0.4, 0.5) is 5.95 Å². The smallest absolute Gasteiger partial charge is 0.246 e.